The molecule has 0 bridgehead atoms. The Morgan fingerprint density at radius 3 is 2.13 bits per heavy atom. The second-order valence-corrected chi connectivity index (χ2v) is 15.6. The van der Waals surface area contributed by atoms with Crippen LogP contribution in [-0.2, 0) is 26.5 Å². The quantitative estimate of drug-likeness (QED) is 0.165. The molecule has 0 radical (unpaired) electrons. The summed E-state index contributed by atoms with van der Waals surface area (Å²) in [5.41, 5.74) is 15.1. The molecule has 0 N–H and O–H groups in total. The van der Waals surface area contributed by atoms with Gasteiger partial charge in [0.05, 0.1) is 11.0 Å². The van der Waals surface area contributed by atoms with E-state index in [9.17, 15) is 0 Å². The Bertz CT molecular complexity index is 3100. The van der Waals surface area contributed by atoms with Crippen LogP contribution in [0.5, 0.6) is 0 Å². The Morgan fingerprint density at radius 2 is 1.36 bits per heavy atom. The van der Waals surface area contributed by atoms with Gasteiger partial charge in [-0.1, -0.05) is 105 Å². The van der Waals surface area contributed by atoms with Crippen molar-refractivity contribution < 1.29 is 21.1 Å². The number of pyridine rings is 1. The summed E-state index contributed by atoms with van der Waals surface area (Å²) in [6.07, 6.45) is 1.85. The average molecular weight is 893 g/mol. The molecule has 0 saturated carbocycles. The first-order valence-corrected chi connectivity index (χ1v) is 18.6. The molecule has 0 unspecified atom stereocenters. The number of fused-ring (bicyclic) bond motifs is 7. The standard InChI is InChI=1S/C49H39N5.Pt/c1-29-24-34(25-30(2)31(29)3)53-44-28-33(49(4,5)6)27-40(47(44)52-48(53)39-17-13-16-38-35-14-7-9-18-41(35)51-46(38)39)32-21-22-37-36-15-8-10-19-42(36)54(43(37)26-32)45-20-11-12-23-50-45;/h7-25,27-28H,1-6H3;/q-2;+2. The van der Waals surface area contributed by atoms with Crippen LogP contribution in [-0.4, -0.2) is 19.1 Å². The van der Waals surface area contributed by atoms with Gasteiger partial charge < -0.3 is 9.55 Å². The van der Waals surface area contributed by atoms with Gasteiger partial charge in [-0.15, -0.1) is 34.8 Å². The third kappa shape index (κ3) is 5.47. The van der Waals surface area contributed by atoms with Gasteiger partial charge in [-0.2, -0.15) is 0 Å². The summed E-state index contributed by atoms with van der Waals surface area (Å²) < 4.78 is 4.60. The molecule has 4 aromatic heterocycles. The molecule has 10 rings (SSSR count). The van der Waals surface area contributed by atoms with Crippen molar-refractivity contribution in [3.8, 4) is 34.0 Å². The van der Waals surface area contributed by atoms with Gasteiger partial charge >= 0.3 is 21.1 Å². The van der Waals surface area contributed by atoms with Crippen molar-refractivity contribution in [1.82, 2.24) is 24.1 Å². The number of hydrogen-bond acceptors (Lipinski definition) is 2. The number of aryl methyl sites for hydroxylation is 2. The summed E-state index contributed by atoms with van der Waals surface area (Å²) in [7, 11) is 0. The van der Waals surface area contributed by atoms with Crippen LogP contribution < -0.4 is 4.98 Å². The van der Waals surface area contributed by atoms with Gasteiger partial charge in [0.2, 0.25) is 0 Å². The summed E-state index contributed by atoms with van der Waals surface area (Å²) in [5.74, 6) is 1.74. The van der Waals surface area contributed by atoms with E-state index in [1.54, 1.807) is 0 Å². The van der Waals surface area contributed by atoms with Crippen molar-refractivity contribution in [2.24, 2.45) is 0 Å². The molecule has 6 aromatic carbocycles. The Hall–Kier alpha value is -5.77. The minimum absolute atomic E-state index is 0. The summed E-state index contributed by atoms with van der Waals surface area (Å²) >= 11 is 0. The van der Waals surface area contributed by atoms with Crippen molar-refractivity contribution in [1.29, 1.82) is 0 Å². The van der Waals surface area contributed by atoms with E-state index in [0.717, 1.165) is 83.3 Å². The number of benzene rings is 6. The van der Waals surface area contributed by atoms with Crippen LogP contribution in [0.2, 0.25) is 0 Å². The number of rotatable bonds is 4. The van der Waals surface area contributed by atoms with Gasteiger partial charge in [0.25, 0.3) is 0 Å². The van der Waals surface area contributed by atoms with Crippen molar-refractivity contribution in [2.45, 2.75) is 47.0 Å². The summed E-state index contributed by atoms with van der Waals surface area (Å²) in [4.78, 5) is 15.6. The van der Waals surface area contributed by atoms with E-state index >= 15 is 0 Å². The van der Waals surface area contributed by atoms with Crippen LogP contribution >= 0.6 is 0 Å². The second-order valence-electron chi connectivity index (χ2n) is 15.6. The molecule has 5 nitrogen and oxygen atoms in total. The molecule has 4 heterocycles. The number of aromatic nitrogens is 5. The van der Waals surface area contributed by atoms with Gasteiger partial charge in [-0.25, -0.2) is 9.97 Å². The normalized spacial score (nSPS) is 12.0. The molecule has 0 aliphatic carbocycles. The maximum atomic E-state index is 5.65. The van der Waals surface area contributed by atoms with Crippen LogP contribution in [0.1, 0.15) is 43.0 Å². The molecule has 270 valence electrons. The SMILES string of the molecule is Cc1cc(-n2c(-c3cccc4c3[n-]c3ccccc34)nc3c(-c4[c-]c5c(cc4)c4ccccc4n5-c4ccccn4)cc(C(C)(C)C)cc32)cc(C)c1C.[Pt+2]. The maximum absolute atomic E-state index is 5.65. The molecule has 6 heteroatoms. The minimum atomic E-state index is -0.130. The summed E-state index contributed by atoms with van der Waals surface area (Å²) in [6, 6.07) is 47.1. The van der Waals surface area contributed by atoms with Crippen LogP contribution in [0.4, 0.5) is 0 Å². The van der Waals surface area contributed by atoms with E-state index in [0.29, 0.717) is 0 Å². The van der Waals surface area contributed by atoms with Crippen LogP contribution in [0.25, 0.3) is 88.7 Å². The fourth-order valence-corrected chi connectivity index (χ4v) is 8.15. The summed E-state index contributed by atoms with van der Waals surface area (Å²) in [6.45, 7) is 13.5. The van der Waals surface area contributed by atoms with E-state index in [1.165, 1.54) is 27.6 Å². The zero-order chi connectivity index (χ0) is 36.9. The molecule has 55 heavy (non-hydrogen) atoms. The van der Waals surface area contributed by atoms with E-state index in [4.69, 9.17) is 15.0 Å². The first-order chi connectivity index (χ1) is 26.2. The smallest absolute Gasteiger partial charge is 0.656 e. The molecule has 10 aromatic rings. The van der Waals surface area contributed by atoms with Crippen LogP contribution in [0.3, 0.4) is 0 Å². The van der Waals surface area contributed by atoms with Crippen molar-refractivity contribution in [3.63, 3.8) is 0 Å². The molecule has 0 spiro atoms. The Balaban J connectivity index is 0.00000397. The first-order valence-electron chi connectivity index (χ1n) is 18.6. The van der Waals surface area contributed by atoms with Crippen LogP contribution in [0, 0.1) is 26.8 Å². The summed E-state index contributed by atoms with van der Waals surface area (Å²) in [5, 5.41) is 4.60. The van der Waals surface area contributed by atoms with Gasteiger partial charge in [0.1, 0.15) is 11.6 Å². The molecule has 0 atom stereocenters. The van der Waals surface area contributed by atoms with Gasteiger partial charge in [-0.3, -0.25) is 4.57 Å². The van der Waals surface area contributed by atoms with E-state index in [-0.39, 0.29) is 26.5 Å². The van der Waals surface area contributed by atoms with Crippen molar-refractivity contribution in [2.75, 3.05) is 0 Å². The topological polar surface area (TPSA) is 49.7 Å². The average Bonchev–Trinajstić information content (AvgIpc) is 3.86. The van der Waals surface area contributed by atoms with Crippen molar-refractivity contribution >= 4 is 54.6 Å². The zero-order valence-corrected chi connectivity index (χ0v) is 33.9. The van der Waals surface area contributed by atoms with Gasteiger partial charge in [0, 0.05) is 23.0 Å². The van der Waals surface area contributed by atoms with E-state index in [2.05, 4.69) is 166 Å². The minimum Gasteiger partial charge on any atom is -0.656 e. The molecule has 0 amide bonds. The van der Waals surface area contributed by atoms with E-state index in [1.807, 2.05) is 18.3 Å². The number of nitrogens with zero attached hydrogens (tertiary/aromatic N) is 5. The maximum Gasteiger partial charge on any atom is 2.00 e. The second kappa shape index (κ2) is 12.9. The first kappa shape index (κ1) is 35.0. The third-order valence-corrected chi connectivity index (χ3v) is 11.3. The Labute approximate surface area is 334 Å². The Kier molecular flexibility index (Phi) is 8.22. The van der Waals surface area contributed by atoms with Gasteiger partial charge in [0.15, 0.2) is 0 Å². The monoisotopic (exact) mass is 892 g/mol. The van der Waals surface area contributed by atoms with Gasteiger partial charge in [-0.05, 0) is 107 Å². The fourth-order valence-electron chi connectivity index (χ4n) is 8.15. The molecule has 0 aliphatic heterocycles. The van der Waals surface area contributed by atoms with Crippen LogP contribution in [0.15, 0.2) is 128 Å². The predicted octanol–water partition coefficient (Wildman–Crippen LogP) is 12.1. The molecule has 0 fully saturated rings. The molecular weight excluding hydrogens is 854 g/mol. The molecule has 0 saturated heterocycles. The number of hydrogen-bond donors (Lipinski definition) is 0. The Morgan fingerprint density at radius 1 is 0.636 bits per heavy atom. The van der Waals surface area contributed by atoms with Crippen molar-refractivity contribution in [3.05, 3.63) is 156 Å². The fraction of sp³-hybridized carbons (Fsp3) is 0.143. The number of para-hydroxylation sites is 3. The van der Waals surface area contributed by atoms with E-state index < -0.39 is 0 Å². The largest absolute Gasteiger partial charge is 2.00 e. The predicted molar refractivity (Wildman–Crippen MR) is 224 cm³/mol. The third-order valence-electron chi connectivity index (χ3n) is 11.3. The molecule has 0 aliphatic rings. The number of imidazole rings is 1. The molecular formula is C49H39N5Pt. The zero-order valence-electron chi connectivity index (χ0n) is 31.7.